The van der Waals surface area contributed by atoms with Crippen molar-refractivity contribution >= 4 is 11.7 Å². The molecule has 1 amide bonds. The lowest BCUT2D eigenvalue weighted by Crippen LogP contribution is -2.60. The normalized spacial score (nSPS) is 22.9. The predicted octanol–water partition coefficient (Wildman–Crippen LogP) is 2.78. The van der Waals surface area contributed by atoms with E-state index in [1.807, 2.05) is 43.1 Å². The lowest BCUT2D eigenvalue weighted by atomic mass is 9.76. The minimum Gasteiger partial charge on any atom is -0.365 e. The number of hydrogen-bond acceptors (Lipinski definition) is 6. The molecule has 8 heteroatoms. The molecule has 2 bridgehead atoms. The first kappa shape index (κ1) is 18.7. The third-order valence-corrected chi connectivity index (χ3v) is 6.13. The van der Waals surface area contributed by atoms with Gasteiger partial charge in [0.2, 0.25) is 0 Å². The van der Waals surface area contributed by atoms with Crippen LogP contribution < -0.4 is 5.32 Å². The Bertz CT molecular complexity index is 1050. The third kappa shape index (κ3) is 3.42. The van der Waals surface area contributed by atoms with Gasteiger partial charge in [0.25, 0.3) is 5.91 Å². The summed E-state index contributed by atoms with van der Waals surface area (Å²) in [5.41, 5.74) is 2.95. The predicted molar refractivity (Wildman–Crippen MR) is 112 cm³/mol. The average molecular weight is 403 g/mol. The number of anilines is 1. The van der Waals surface area contributed by atoms with Crippen molar-refractivity contribution < 1.29 is 4.79 Å². The van der Waals surface area contributed by atoms with Crippen molar-refractivity contribution in [3.8, 4) is 5.69 Å². The van der Waals surface area contributed by atoms with Crippen LogP contribution in [-0.4, -0.2) is 54.4 Å². The molecule has 0 unspecified atom stereocenters. The number of aryl methyl sites for hydroxylation is 2. The number of rotatable bonds is 4. The molecule has 3 aromatic rings. The Morgan fingerprint density at radius 2 is 1.93 bits per heavy atom. The zero-order chi connectivity index (χ0) is 20.7. The van der Waals surface area contributed by atoms with E-state index in [4.69, 9.17) is 0 Å². The van der Waals surface area contributed by atoms with Crippen LogP contribution in [-0.2, 0) is 0 Å². The van der Waals surface area contributed by atoms with Gasteiger partial charge < -0.3 is 10.2 Å². The summed E-state index contributed by atoms with van der Waals surface area (Å²) in [6.07, 6.45) is 8.27. The van der Waals surface area contributed by atoms with Crippen molar-refractivity contribution in [2.75, 3.05) is 11.9 Å². The quantitative estimate of drug-likeness (QED) is 0.721. The second-order valence-corrected chi connectivity index (χ2v) is 8.31. The van der Waals surface area contributed by atoms with Gasteiger partial charge in [-0.25, -0.2) is 9.97 Å². The SMILES string of the molecule is Cc1ccc(N[C@@H]2C[C@H]3CC[C@@H]2N(C(=O)c2nc(C)ccc2-n2nccn2)C3)nc1. The summed E-state index contributed by atoms with van der Waals surface area (Å²) in [4.78, 5) is 26.2. The molecule has 154 valence electrons. The molecule has 2 saturated heterocycles. The van der Waals surface area contributed by atoms with Crippen LogP contribution in [0.15, 0.2) is 42.9 Å². The molecule has 0 radical (unpaired) electrons. The first-order chi connectivity index (χ1) is 14.6. The maximum absolute atomic E-state index is 13.7. The van der Waals surface area contributed by atoms with E-state index in [-0.39, 0.29) is 18.0 Å². The molecule has 6 rings (SSSR count). The molecule has 8 nitrogen and oxygen atoms in total. The van der Waals surface area contributed by atoms with Gasteiger partial charge in [-0.3, -0.25) is 4.79 Å². The molecule has 5 heterocycles. The molecule has 2 aliphatic heterocycles. The fourth-order valence-corrected chi connectivity index (χ4v) is 4.67. The number of nitrogens with one attached hydrogen (secondary N) is 1. The Morgan fingerprint density at radius 1 is 1.10 bits per heavy atom. The summed E-state index contributed by atoms with van der Waals surface area (Å²) in [5, 5.41) is 12.0. The number of fused-ring (bicyclic) bond motifs is 3. The molecular weight excluding hydrogens is 378 g/mol. The Morgan fingerprint density at radius 3 is 2.67 bits per heavy atom. The fraction of sp³-hybridized carbons (Fsp3) is 0.409. The van der Waals surface area contributed by atoms with E-state index >= 15 is 0 Å². The number of amides is 1. The molecule has 3 aromatic heterocycles. The zero-order valence-corrected chi connectivity index (χ0v) is 17.2. The van der Waals surface area contributed by atoms with Crippen LogP contribution in [0.25, 0.3) is 5.69 Å². The number of aromatic nitrogens is 5. The molecule has 0 spiro atoms. The van der Waals surface area contributed by atoms with Crippen LogP contribution in [0.1, 0.15) is 41.0 Å². The lowest BCUT2D eigenvalue weighted by molar-refractivity contribution is 0.0276. The van der Waals surface area contributed by atoms with E-state index in [2.05, 4.69) is 31.5 Å². The zero-order valence-electron chi connectivity index (χ0n) is 17.2. The van der Waals surface area contributed by atoms with Crippen molar-refractivity contribution in [2.24, 2.45) is 5.92 Å². The summed E-state index contributed by atoms with van der Waals surface area (Å²) in [6, 6.07) is 8.11. The van der Waals surface area contributed by atoms with Gasteiger partial charge in [-0.05, 0) is 62.8 Å². The summed E-state index contributed by atoms with van der Waals surface area (Å²) >= 11 is 0. The Kier molecular flexibility index (Phi) is 4.69. The number of carbonyl (C=O) groups excluding carboxylic acids is 1. The Balaban J connectivity index is 1.44. The van der Waals surface area contributed by atoms with Gasteiger partial charge in [-0.1, -0.05) is 6.07 Å². The number of carbonyl (C=O) groups is 1. The highest BCUT2D eigenvalue weighted by Crippen LogP contribution is 2.37. The summed E-state index contributed by atoms with van der Waals surface area (Å²) in [7, 11) is 0. The van der Waals surface area contributed by atoms with Crippen molar-refractivity contribution in [1.29, 1.82) is 0 Å². The first-order valence-corrected chi connectivity index (χ1v) is 10.4. The standard InChI is InChI=1S/C22H25N7O/c1-14-3-8-20(23-12-14)27-17-11-16-5-7-18(17)28(13-16)22(30)21-19(6-4-15(2)26-21)29-24-9-10-25-29/h3-4,6,8-10,12,16-18H,5,7,11,13H2,1-2H3,(H,23,27)/t16-,17-,18+/m1/s1. The lowest BCUT2D eigenvalue weighted by Gasteiger charge is -2.50. The minimum absolute atomic E-state index is 0.0518. The van der Waals surface area contributed by atoms with E-state index < -0.39 is 0 Å². The topological polar surface area (TPSA) is 88.8 Å². The van der Waals surface area contributed by atoms with Crippen LogP contribution in [0.4, 0.5) is 5.82 Å². The van der Waals surface area contributed by atoms with Gasteiger partial charge >= 0.3 is 0 Å². The van der Waals surface area contributed by atoms with Crippen LogP contribution in [0.3, 0.4) is 0 Å². The highest BCUT2D eigenvalue weighted by atomic mass is 16.2. The van der Waals surface area contributed by atoms with E-state index in [0.29, 0.717) is 17.3 Å². The third-order valence-electron chi connectivity index (χ3n) is 6.13. The number of piperidine rings is 2. The highest BCUT2D eigenvalue weighted by molar-refractivity contribution is 5.96. The van der Waals surface area contributed by atoms with Crippen molar-refractivity contribution in [1.82, 2.24) is 29.9 Å². The molecular formula is C22H25N7O. The van der Waals surface area contributed by atoms with Gasteiger partial charge in [0.1, 0.15) is 11.5 Å². The second kappa shape index (κ2) is 7.51. The molecule has 1 aliphatic carbocycles. The van der Waals surface area contributed by atoms with Crippen LogP contribution in [0.5, 0.6) is 0 Å². The average Bonchev–Trinajstić information content (AvgIpc) is 3.30. The van der Waals surface area contributed by atoms with Gasteiger partial charge in [0, 0.05) is 24.5 Å². The van der Waals surface area contributed by atoms with Crippen molar-refractivity contribution in [2.45, 2.75) is 45.2 Å². The van der Waals surface area contributed by atoms with Gasteiger partial charge in [0.15, 0.2) is 5.69 Å². The summed E-state index contributed by atoms with van der Waals surface area (Å²) < 4.78 is 0. The summed E-state index contributed by atoms with van der Waals surface area (Å²) in [5.74, 6) is 1.29. The largest absolute Gasteiger partial charge is 0.365 e. The molecule has 1 saturated carbocycles. The van der Waals surface area contributed by atoms with Crippen LogP contribution >= 0.6 is 0 Å². The molecule has 3 aliphatic rings. The molecule has 0 aromatic carbocycles. The van der Waals surface area contributed by atoms with Gasteiger partial charge in [0.05, 0.1) is 18.4 Å². The monoisotopic (exact) mass is 403 g/mol. The number of pyridine rings is 2. The van der Waals surface area contributed by atoms with Crippen molar-refractivity contribution in [3.05, 3.63) is 59.8 Å². The van der Waals surface area contributed by atoms with E-state index in [1.165, 1.54) is 4.80 Å². The number of nitrogens with zero attached hydrogens (tertiary/aromatic N) is 6. The fourth-order valence-electron chi connectivity index (χ4n) is 4.67. The molecule has 3 fully saturated rings. The smallest absolute Gasteiger partial charge is 0.275 e. The van der Waals surface area contributed by atoms with E-state index in [1.54, 1.807) is 12.4 Å². The number of hydrogen-bond donors (Lipinski definition) is 1. The Labute approximate surface area is 175 Å². The molecule has 1 N–H and O–H groups in total. The van der Waals surface area contributed by atoms with Crippen LogP contribution in [0, 0.1) is 19.8 Å². The molecule has 3 atom stereocenters. The van der Waals surface area contributed by atoms with Crippen molar-refractivity contribution in [3.63, 3.8) is 0 Å². The minimum atomic E-state index is -0.0518. The van der Waals surface area contributed by atoms with E-state index in [9.17, 15) is 4.79 Å². The van der Waals surface area contributed by atoms with Gasteiger partial charge in [-0.15, -0.1) is 4.80 Å². The Hall–Kier alpha value is -3.29. The van der Waals surface area contributed by atoms with Gasteiger partial charge in [-0.2, -0.15) is 10.2 Å². The molecule has 30 heavy (non-hydrogen) atoms. The first-order valence-electron chi connectivity index (χ1n) is 10.4. The van der Waals surface area contributed by atoms with E-state index in [0.717, 1.165) is 42.9 Å². The highest BCUT2D eigenvalue weighted by Gasteiger charge is 2.44. The van der Waals surface area contributed by atoms with Crippen LogP contribution in [0.2, 0.25) is 0 Å². The second-order valence-electron chi connectivity index (χ2n) is 8.31. The maximum Gasteiger partial charge on any atom is 0.275 e. The summed E-state index contributed by atoms with van der Waals surface area (Å²) in [6.45, 7) is 4.69. The maximum atomic E-state index is 13.7.